The largest absolute Gasteiger partial charge is 0.474 e. The van der Waals surface area contributed by atoms with Crippen LogP contribution in [0.15, 0.2) is 4.42 Å². The Kier molecular flexibility index (Phi) is 2.80. The minimum absolute atomic E-state index is 0.0996. The number of carboxylic acids is 1. The molecule has 0 saturated heterocycles. The van der Waals surface area contributed by atoms with Crippen LogP contribution in [-0.2, 0) is 4.79 Å². The van der Waals surface area contributed by atoms with E-state index >= 15 is 0 Å². The second kappa shape index (κ2) is 3.86. The first-order valence-electron chi connectivity index (χ1n) is 3.91. The molecule has 0 aliphatic carbocycles. The van der Waals surface area contributed by atoms with Gasteiger partial charge in [-0.3, -0.25) is 9.69 Å². The van der Waals surface area contributed by atoms with Crippen molar-refractivity contribution in [2.75, 3.05) is 11.4 Å². The van der Waals surface area contributed by atoms with Crippen LogP contribution in [0, 0.1) is 0 Å². The monoisotopic (exact) mass is 199 g/mol. The molecule has 0 fully saturated rings. The minimum atomic E-state index is -1.32. The molecule has 0 spiro atoms. The van der Waals surface area contributed by atoms with Crippen LogP contribution < -0.4 is 4.90 Å². The van der Waals surface area contributed by atoms with E-state index in [0.29, 0.717) is 6.54 Å². The van der Waals surface area contributed by atoms with Gasteiger partial charge in [-0.2, -0.15) is 0 Å². The molecule has 0 unspecified atom stereocenters. The average Bonchev–Trinajstić information content (AvgIpc) is 2.53. The Morgan fingerprint density at radius 3 is 2.50 bits per heavy atom. The number of hydrogen-bond donors (Lipinski definition) is 1. The van der Waals surface area contributed by atoms with E-state index in [1.807, 2.05) is 0 Å². The van der Waals surface area contributed by atoms with E-state index in [1.54, 1.807) is 6.92 Å². The highest BCUT2D eigenvalue weighted by molar-refractivity contribution is 5.89. The molecule has 14 heavy (non-hydrogen) atoms. The van der Waals surface area contributed by atoms with Gasteiger partial charge in [0.05, 0.1) is 0 Å². The average molecular weight is 199 g/mol. The SMILES string of the molecule is CCN(C(C)=O)c1nnc(C(=O)O)o1. The number of carboxylic acid groups (broad SMARTS) is 1. The van der Waals surface area contributed by atoms with Gasteiger partial charge >= 0.3 is 17.9 Å². The molecule has 1 heterocycles. The number of carbonyl (C=O) groups excluding carboxylic acids is 1. The van der Waals surface area contributed by atoms with Crippen molar-refractivity contribution < 1.29 is 19.1 Å². The lowest BCUT2D eigenvalue weighted by Gasteiger charge is -2.11. The fourth-order valence-corrected chi connectivity index (χ4v) is 0.904. The van der Waals surface area contributed by atoms with E-state index in [0.717, 1.165) is 0 Å². The highest BCUT2D eigenvalue weighted by Gasteiger charge is 2.19. The van der Waals surface area contributed by atoms with Crippen molar-refractivity contribution in [3.05, 3.63) is 5.89 Å². The molecule has 7 heteroatoms. The second-order valence-electron chi connectivity index (χ2n) is 2.46. The summed E-state index contributed by atoms with van der Waals surface area (Å²) in [4.78, 5) is 22.6. The molecule has 0 bridgehead atoms. The fourth-order valence-electron chi connectivity index (χ4n) is 0.904. The van der Waals surface area contributed by atoms with E-state index < -0.39 is 11.9 Å². The van der Waals surface area contributed by atoms with Gasteiger partial charge in [0.1, 0.15) is 0 Å². The number of aromatic carboxylic acids is 1. The molecule has 0 radical (unpaired) electrons. The summed E-state index contributed by atoms with van der Waals surface area (Å²) in [5.74, 6) is -2.13. The lowest BCUT2D eigenvalue weighted by atomic mass is 10.5. The number of nitrogens with zero attached hydrogens (tertiary/aromatic N) is 3. The molecular weight excluding hydrogens is 190 g/mol. The second-order valence-corrected chi connectivity index (χ2v) is 2.46. The predicted octanol–water partition coefficient (Wildman–Crippen LogP) is 0.141. The maximum Gasteiger partial charge on any atom is 0.393 e. The number of amides is 1. The third-order valence-corrected chi connectivity index (χ3v) is 1.52. The molecule has 1 amide bonds. The summed E-state index contributed by atoms with van der Waals surface area (Å²) in [6.45, 7) is 3.39. The molecule has 1 aromatic rings. The highest BCUT2D eigenvalue weighted by Crippen LogP contribution is 2.11. The van der Waals surface area contributed by atoms with Crippen LogP contribution in [0.1, 0.15) is 24.5 Å². The first-order chi connectivity index (χ1) is 6.56. The van der Waals surface area contributed by atoms with Gasteiger partial charge < -0.3 is 9.52 Å². The van der Waals surface area contributed by atoms with E-state index in [4.69, 9.17) is 9.52 Å². The zero-order chi connectivity index (χ0) is 10.7. The molecule has 1 aromatic heterocycles. The summed E-state index contributed by atoms with van der Waals surface area (Å²) in [7, 11) is 0. The Morgan fingerprint density at radius 1 is 1.50 bits per heavy atom. The number of carbonyl (C=O) groups is 2. The van der Waals surface area contributed by atoms with Crippen molar-refractivity contribution in [2.45, 2.75) is 13.8 Å². The van der Waals surface area contributed by atoms with Crippen LogP contribution in [0.25, 0.3) is 0 Å². The van der Waals surface area contributed by atoms with Crippen molar-refractivity contribution in [2.24, 2.45) is 0 Å². The third kappa shape index (κ3) is 1.87. The Labute approximate surface area is 79.3 Å². The van der Waals surface area contributed by atoms with Crippen LogP contribution >= 0.6 is 0 Å². The molecule has 1 rings (SSSR count). The van der Waals surface area contributed by atoms with Crippen molar-refractivity contribution >= 4 is 17.9 Å². The van der Waals surface area contributed by atoms with Crippen molar-refractivity contribution in [3.8, 4) is 0 Å². The number of aromatic nitrogens is 2. The topological polar surface area (TPSA) is 96.5 Å². The minimum Gasteiger partial charge on any atom is -0.474 e. The van der Waals surface area contributed by atoms with Gasteiger partial charge in [0.2, 0.25) is 5.91 Å². The van der Waals surface area contributed by atoms with Gasteiger partial charge in [-0.15, -0.1) is 0 Å². The predicted molar refractivity (Wildman–Crippen MR) is 45.0 cm³/mol. The maximum atomic E-state index is 11.0. The summed E-state index contributed by atoms with van der Waals surface area (Å²) in [5, 5.41) is 15.2. The smallest absolute Gasteiger partial charge is 0.393 e. The quantitative estimate of drug-likeness (QED) is 0.743. The zero-order valence-electron chi connectivity index (χ0n) is 7.72. The molecule has 0 atom stereocenters. The zero-order valence-corrected chi connectivity index (χ0v) is 7.72. The van der Waals surface area contributed by atoms with Gasteiger partial charge in [-0.05, 0) is 6.92 Å². The van der Waals surface area contributed by atoms with Crippen molar-refractivity contribution in [1.29, 1.82) is 0 Å². The molecular formula is C7H9N3O4. The summed E-state index contributed by atoms with van der Waals surface area (Å²) in [6, 6.07) is -0.0996. The van der Waals surface area contributed by atoms with Crippen LogP contribution in [0.3, 0.4) is 0 Å². The van der Waals surface area contributed by atoms with Crippen molar-refractivity contribution in [1.82, 2.24) is 10.2 Å². The van der Waals surface area contributed by atoms with E-state index in [9.17, 15) is 9.59 Å². The molecule has 0 saturated carbocycles. The molecule has 76 valence electrons. The van der Waals surface area contributed by atoms with Crippen LogP contribution in [0.5, 0.6) is 0 Å². The van der Waals surface area contributed by atoms with E-state index in [1.165, 1.54) is 11.8 Å². The van der Waals surface area contributed by atoms with Crippen molar-refractivity contribution in [3.63, 3.8) is 0 Å². The molecule has 7 nitrogen and oxygen atoms in total. The fraction of sp³-hybridized carbons (Fsp3) is 0.429. The van der Waals surface area contributed by atoms with Gasteiger partial charge in [0.15, 0.2) is 0 Å². The molecule has 0 aliphatic heterocycles. The van der Waals surface area contributed by atoms with E-state index in [2.05, 4.69) is 10.2 Å². The van der Waals surface area contributed by atoms with Gasteiger partial charge in [0.25, 0.3) is 0 Å². The Hall–Kier alpha value is -1.92. The summed E-state index contributed by atoms with van der Waals surface area (Å²) < 4.78 is 4.74. The van der Waals surface area contributed by atoms with Crippen LogP contribution in [-0.4, -0.2) is 33.7 Å². The first-order valence-corrected chi connectivity index (χ1v) is 3.91. The lowest BCUT2D eigenvalue weighted by Crippen LogP contribution is -2.28. The third-order valence-electron chi connectivity index (χ3n) is 1.52. The summed E-state index contributed by atoms with van der Waals surface area (Å²) >= 11 is 0. The Bertz CT molecular complexity index is 360. The number of hydrogen-bond acceptors (Lipinski definition) is 5. The van der Waals surface area contributed by atoms with Gasteiger partial charge in [0, 0.05) is 13.5 Å². The maximum absolute atomic E-state index is 11.0. The summed E-state index contributed by atoms with van der Waals surface area (Å²) in [6.07, 6.45) is 0. The normalized spacial score (nSPS) is 9.86. The number of anilines is 1. The van der Waals surface area contributed by atoms with E-state index in [-0.39, 0.29) is 11.9 Å². The lowest BCUT2D eigenvalue weighted by molar-refractivity contribution is -0.116. The highest BCUT2D eigenvalue weighted by atomic mass is 16.4. The molecule has 1 N–H and O–H groups in total. The van der Waals surface area contributed by atoms with Gasteiger partial charge in [-0.1, -0.05) is 10.2 Å². The number of rotatable bonds is 3. The Balaban J connectivity index is 2.95. The first kappa shape index (κ1) is 10.2. The standard InChI is InChI=1S/C7H9N3O4/c1-3-10(4(2)11)7-9-8-5(14-7)6(12)13/h3H2,1-2H3,(H,12,13). The van der Waals surface area contributed by atoms with Gasteiger partial charge in [-0.25, -0.2) is 4.79 Å². The molecule has 0 aromatic carbocycles. The van der Waals surface area contributed by atoms with Crippen LogP contribution in [0.2, 0.25) is 0 Å². The Morgan fingerprint density at radius 2 is 2.14 bits per heavy atom. The van der Waals surface area contributed by atoms with Crippen LogP contribution in [0.4, 0.5) is 6.01 Å². The molecule has 0 aliphatic rings. The summed E-state index contributed by atoms with van der Waals surface area (Å²) in [5.41, 5.74) is 0.